The predicted molar refractivity (Wildman–Crippen MR) is 87.6 cm³/mol. The second-order valence-electron chi connectivity index (χ2n) is 5.25. The summed E-state index contributed by atoms with van der Waals surface area (Å²) in [6.45, 7) is 0. The van der Waals surface area contributed by atoms with Crippen LogP contribution in [0.3, 0.4) is 0 Å². The van der Waals surface area contributed by atoms with Gasteiger partial charge in [0.1, 0.15) is 11.4 Å². The Kier molecular flexibility index (Phi) is 3.16. The van der Waals surface area contributed by atoms with E-state index < -0.39 is 6.10 Å². The van der Waals surface area contributed by atoms with Gasteiger partial charge in [-0.2, -0.15) is 0 Å². The molecule has 116 valence electrons. The van der Waals surface area contributed by atoms with Gasteiger partial charge in [0.05, 0.1) is 18.5 Å². The molecule has 0 amide bonds. The minimum Gasteiger partial charge on any atom is -0.496 e. The van der Waals surface area contributed by atoms with Gasteiger partial charge in [-0.05, 0) is 24.3 Å². The summed E-state index contributed by atoms with van der Waals surface area (Å²) >= 11 is 6.00. The maximum atomic E-state index is 12.7. The first-order valence-corrected chi connectivity index (χ1v) is 7.47. The van der Waals surface area contributed by atoms with E-state index in [4.69, 9.17) is 21.1 Å². The molecule has 0 aromatic heterocycles. The van der Waals surface area contributed by atoms with Gasteiger partial charge in [0.2, 0.25) is 11.7 Å². The van der Waals surface area contributed by atoms with Crippen LogP contribution < -0.4 is 15.4 Å². The third-order valence-corrected chi connectivity index (χ3v) is 4.09. The highest BCUT2D eigenvalue weighted by atomic mass is 35.5. The molecule has 4 rings (SSSR count). The fraction of sp³-hybridized carbons (Fsp3) is 0.118. The van der Waals surface area contributed by atoms with Crippen molar-refractivity contribution in [3.05, 3.63) is 64.6 Å². The summed E-state index contributed by atoms with van der Waals surface area (Å²) in [5.41, 5.74) is 2.66. The van der Waals surface area contributed by atoms with Crippen LogP contribution in [0.1, 0.15) is 11.7 Å². The smallest absolute Gasteiger partial charge is 0.229 e. The number of carbonyl (C=O) groups is 1. The number of hydrogen-bond acceptors (Lipinski definition) is 5. The largest absolute Gasteiger partial charge is 0.496 e. The van der Waals surface area contributed by atoms with Crippen molar-refractivity contribution in [2.75, 3.05) is 17.7 Å². The molecular weight excluding hydrogens is 316 g/mol. The minimum absolute atomic E-state index is 0.141. The van der Waals surface area contributed by atoms with Gasteiger partial charge < -0.3 is 20.1 Å². The molecule has 0 saturated heterocycles. The first-order chi connectivity index (χ1) is 11.2. The number of fused-ring (bicyclic) bond motifs is 1. The zero-order valence-electron chi connectivity index (χ0n) is 12.2. The van der Waals surface area contributed by atoms with Crippen molar-refractivity contribution in [1.29, 1.82) is 0 Å². The van der Waals surface area contributed by atoms with Crippen molar-refractivity contribution in [3.8, 4) is 5.75 Å². The number of nitrogens with one attached hydrogen (secondary N) is 2. The van der Waals surface area contributed by atoms with Crippen LogP contribution in [-0.2, 0) is 9.53 Å². The lowest BCUT2D eigenvalue weighted by Gasteiger charge is -2.20. The first kappa shape index (κ1) is 14.0. The van der Waals surface area contributed by atoms with Crippen LogP contribution in [-0.4, -0.2) is 12.9 Å². The van der Waals surface area contributed by atoms with E-state index in [1.54, 1.807) is 25.3 Å². The molecular formula is C17H13ClN2O3. The average Bonchev–Trinajstić information content (AvgIpc) is 2.89. The predicted octanol–water partition coefficient (Wildman–Crippen LogP) is 3.70. The Morgan fingerprint density at radius 3 is 2.78 bits per heavy atom. The molecule has 2 N–H and O–H groups in total. The molecule has 2 aromatic carbocycles. The summed E-state index contributed by atoms with van der Waals surface area (Å²) in [7, 11) is 1.57. The van der Waals surface area contributed by atoms with Crippen molar-refractivity contribution in [2.24, 2.45) is 0 Å². The molecule has 0 saturated carbocycles. The number of ketones is 1. The fourth-order valence-corrected chi connectivity index (χ4v) is 2.93. The molecule has 0 radical (unpaired) electrons. The maximum Gasteiger partial charge on any atom is 0.229 e. The molecule has 2 aliphatic rings. The van der Waals surface area contributed by atoms with E-state index in [2.05, 4.69) is 10.6 Å². The number of benzene rings is 2. The summed E-state index contributed by atoms with van der Waals surface area (Å²) in [5, 5.41) is 6.84. The number of methoxy groups -OCH3 is 1. The van der Waals surface area contributed by atoms with Crippen LogP contribution in [0.5, 0.6) is 5.75 Å². The lowest BCUT2D eigenvalue weighted by molar-refractivity contribution is -0.121. The lowest BCUT2D eigenvalue weighted by atomic mass is 10.0. The Morgan fingerprint density at radius 1 is 1.13 bits per heavy atom. The lowest BCUT2D eigenvalue weighted by Crippen LogP contribution is -2.18. The number of carbonyl (C=O) groups excluding carboxylic acids is 1. The average molecular weight is 329 g/mol. The van der Waals surface area contributed by atoms with E-state index in [9.17, 15) is 4.79 Å². The summed E-state index contributed by atoms with van der Waals surface area (Å²) in [5.74, 6) is 0.879. The number of rotatable bonds is 2. The zero-order valence-corrected chi connectivity index (χ0v) is 13.0. The van der Waals surface area contributed by atoms with Gasteiger partial charge in [-0.15, -0.1) is 0 Å². The third kappa shape index (κ3) is 2.21. The quantitative estimate of drug-likeness (QED) is 0.880. The molecule has 0 bridgehead atoms. The minimum atomic E-state index is -0.735. The van der Waals surface area contributed by atoms with Gasteiger partial charge >= 0.3 is 0 Å². The second kappa shape index (κ2) is 5.21. The van der Waals surface area contributed by atoms with E-state index in [1.165, 1.54) is 0 Å². The molecule has 0 fully saturated rings. The molecule has 0 aliphatic carbocycles. The number of hydrogen-bond donors (Lipinski definition) is 2. The Bertz CT molecular complexity index is 847. The SMILES string of the molecule is COc1ccccc1C1OC2=C(Nc3ccc(Cl)cc3N2)C1=O. The van der Waals surface area contributed by atoms with Crippen molar-refractivity contribution in [1.82, 2.24) is 0 Å². The number of halogens is 1. The van der Waals surface area contributed by atoms with E-state index in [0.29, 0.717) is 27.9 Å². The van der Waals surface area contributed by atoms with Gasteiger partial charge in [-0.1, -0.05) is 29.8 Å². The summed E-state index contributed by atoms with van der Waals surface area (Å²) < 4.78 is 11.2. The van der Waals surface area contributed by atoms with Crippen molar-refractivity contribution < 1.29 is 14.3 Å². The van der Waals surface area contributed by atoms with Gasteiger partial charge in [0, 0.05) is 10.6 Å². The molecule has 5 nitrogen and oxygen atoms in total. The fourth-order valence-electron chi connectivity index (χ4n) is 2.76. The molecule has 2 aliphatic heterocycles. The molecule has 1 atom stereocenters. The molecule has 1 unspecified atom stereocenters. The molecule has 2 heterocycles. The van der Waals surface area contributed by atoms with E-state index in [1.807, 2.05) is 24.3 Å². The van der Waals surface area contributed by atoms with Crippen molar-refractivity contribution >= 4 is 28.8 Å². The Morgan fingerprint density at radius 2 is 1.96 bits per heavy atom. The monoisotopic (exact) mass is 328 g/mol. The number of anilines is 2. The number of ether oxygens (including phenoxy) is 2. The van der Waals surface area contributed by atoms with Crippen LogP contribution in [0.2, 0.25) is 5.02 Å². The second-order valence-corrected chi connectivity index (χ2v) is 5.68. The first-order valence-electron chi connectivity index (χ1n) is 7.09. The summed E-state index contributed by atoms with van der Waals surface area (Å²) in [4.78, 5) is 12.7. The zero-order chi connectivity index (χ0) is 16.0. The molecule has 6 heteroatoms. The summed E-state index contributed by atoms with van der Waals surface area (Å²) in [6, 6.07) is 12.7. The van der Waals surface area contributed by atoms with Crippen LogP contribution in [0.25, 0.3) is 0 Å². The van der Waals surface area contributed by atoms with Gasteiger partial charge in [-0.25, -0.2) is 0 Å². The van der Waals surface area contributed by atoms with Crippen LogP contribution >= 0.6 is 11.6 Å². The highest BCUT2D eigenvalue weighted by molar-refractivity contribution is 6.31. The Balaban J connectivity index is 1.68. The Labute approximate surface area is 137 Å². The van der Waals surface area contributed by atoms with Gasteiger partial charge in [0.15, 0.2) is 6.10 Å². The molecule has 0 spiro atoms. The van der Waals surface area contributed by atoms with Crippen LogP contribution in [0.4, 0.5) is 11.4 Å². The Hall–Kier alpha value is -2.66. The number of para-hydroxylation sites is 1. The summed E-state index contributed by atoms with van der Waals surface area (Å²) in [6.07, 6.45) is -0.735. The highest BCUT2D eigenvalue weighted by Crippen LogP contribution is 2.42. The van der Waals surface area contributed by atoms with E-state index in [0.717, 1.165) is 11.4 Å². The third-order valence-electron chi connectivity index (χ3n) is 3.86. The standard InChI is InChI=1S/C17H13ClN2O3/c1-22-13-5-3-2-4-10(13)16-15(21)14-17(23-16)20-12-8-9(18)6-7-11(12)19-14/h2-8,16,19-20H,1H3. The maximum absolute atomic E-state index is 12.7. The normalized spacial score (nSPS) is 18.5. The van der Waals surface area contributed by atoms with Crippen molar-refractivity contribution in [2.45, 2.75) is 6.10 Å². The van der Waals surface area contributed by atoms with E-state index >= 15 is 0 Å². The van der Waals surface area contributed by atoms with Gasteiger partial charge in [-0.3, -0.25) is 4.79 Å². The van der Waals surface area contributed by atoms with E-state index in [-0.39, 0.29) is 5.78 Å². The van der Waals surface area contributed by atoms with Gasteiger partial charge in [0.25, 0.3) is 0 Å². The highest BCUT2D eigenvalue weighted by Gasteiger charge is 2.40. The van der Waals surface area contributed by atoms with Crippen LogP contribution in [0.15, 0.2) is 54.0 Å². The number of Topliss-reactive ketones (excluding diaryl/α,β-unsaturated/α-hetero) is 1. The van der Waals surface area contributed by atoms with Crippen LogP contribution in [0, 0.1) is 0 Å². The van der Waals surface area contributed by atoms with Crippen molar-refractivity contribution in [3.63, 3.8) is 0 Å². The molecule has 23 heavy (non-hydrogen) atoms. The topological polar surface area (TPSA) is 59.6 Å². The molecule has 2 aromatic rings.